The van der Waals surface area contributed by atoms with Crippen molar-refractivity contribution in [3.8, 4) is 16.9 Å². The van der Waals surface area contributed by atoms with E-state index in [4.69, 9.17) is 0 Å². The number of halogens is 2. The Bertz CT molecular complexity index is 784. The maximum absolute atomic E-state index is 9.27. The van der Waals surface area contributed by atoms with Gasteiger partial charge in [0.25, 0.3) is 0 Å². The Hall–Kier alpha value is -1.12. The molecule has 0 aliphatic heterocycles. The minimum Gasteiger partial charge on any atom is -0.508 e. The molecule has 0 unspecified atom stereocenters. The summed E-state index contributed by atoms with van der Waals surface area (Å²) >= 11 is 2.19. The van der Waals surface area contributed by atoms with E-state index in [1.54, 1.807) is 15.9 Å². The summed E-state index contributed by atoms with van der Waals surface area (Å²) in [5.74, 6) is 0.307. The van der Waals surface area contributed by atoms with Crippen molar-refractivity contribution in [1.82, 2.24) is 0 Å². The summed E-state index contributed by atoms with van der Waals surface area (Å²) in [4.78, 5) is 0. The number of allylic oxidation sites excluding steroid dienone is 4. The molecule has 2 aromatic carbocycles. The van der Waals surface area contributed by atoms with Gasteiger partial charge in [-0.3, -0.25) is 6.08 Å². The summed E-state index contributed by atoms with van der Waals surface area (Å²) in [5, 5.41) is 9.27. The van der Waals surface area contributed by atoms with Crippen molar-refractivity contribution in [3.05, 3.63) is 78.4 Å². The number of rotatable bonds is 3. The Morgan fingerprint density at radius 2 is 1.50 bits per heavy atom. The summed E-state index contributed by atoms with van der Waals surface area (Å²) in [6.45, 7) is 11.0. The number of phenolic OH excluding ortho intramolecular Hbond substituents is 1. The van der Waals surface area contributed by atoms with Gasteiger partial charge in [-0.05, 0) is 28.7 Å². The number of benzene rings is 2. The van der Waals surface area contributed by atoms with Crippen molar-refractivity contribution < 1.29 is 25.1 Å². The molecule has 4 heteroatoms. The first kappa shape index (κ1) is 31.1. The molecule has 0 heterocycles. The molecule has 163 valence electrons. The van der Waals surface area contributed by atoms with Crippen LogP contribution in [0, 0.1) is 11.5 Å². The molecule has 0 fully saturated rings. The number of hydrogen-bond acceptors (Lipinski definition) is 1. The molecule has 3 rings (SSSR count). The molecule has 0 spiro atoms. The van der Waals surface area contributed by atoms with Crippen LogP contribution >= 0.6 is 24.8 Å². The third-order valence-electron chi connectivity index (χ3n) is 4.31. The molecule has 0 bridgehead atoms. The zero-order valence-corrected chi connectivity index (χ0v) is 21.9. The van der Waals surface area contributed by atoms with Gasteiger partial charge in [0.15, 0.2) is 0 Å². The second kappa shape index (κ2) is 16.6. The molecule has 30 heavy (non-hydrogen) atoms. The van der Waals surface area contributed by atoms with Gasteiger partial charge in [0.05, 0.1) is 0 Å². The van der Waals surface area contributed by atoms with Crippen LogP contribution in [0.2, 0.25) is 0 Å². The van der Waals surface area contributed by atoms with E-state index in [2.05, 4.69) is 72.8 Å². The van der Waals surface area contributed by atoms with Crippen molar-refractivity contribution >= 4 is 28.6 Å². The van der Waals surface area contributed by atoms with Crippen molar-refractivity contribution in [2.75, 3.05) is 0 Å². The fourth-order valence-electron chi connectivity index (χ4n) is 2.49. The van der Waals surface area contributed by atoms with Crippen LogP contribution in [0.1, 0.15) is 53.9 Å². The van der Waals surface area contributed by atoms with Crippen LogP contribution in [-0.4, -0.2) is 8.92 Å². The molecule has 2 aromatic rings. The van der Waals surface area contributed by atoms with E-state index in [-0.39, 0.29) is 24.8 Å². The van der Waals surface area contributed by atoms with E-state index >= 15 is 0 Å². The van der Waals surface area contributed by atoms with E-state index in [1.807, 2.05) is 42.5 Å². The van der Waals surface area contributed by atoms with Crippen LogP contribution in [0.15, 0.2) is 72.3 Å². The number of hydrogen-bond donors (Lipinski definition) is 1. The van der Waals surface area contributed by atoms with Crippen molar-refractivity contribution in [2.45, 2.75) is 53.9 Å². The Morgan fingerprint density at radius 1 is 0.933 bits per heavy atom. The fraction of sp³-hybridized carbons (Fsp3) is 0.346. The molecule has 0 saturated heterocycles. The van der Waals surface area contributed by atoms with E-state index in [9.17, 15) is 5.11 Å². The molecule has 0 saturated carbocycles. The molecular weight excluding hydrogens is 447 g/mol. The standard InChI is InChI=1S/C12H10O.C9H13.C5H10.2ClH.Ti/c13-12-8-4-7-11(9-12)10-5-2-1-3-6-10;1-9(2,3)8-6-4-5-7-8;1-3-5-4-2;;;/h1-9,13H;4,6H,5H2,1-3H3;3-4H2,1-2H3;2*1H;/q;-1;;;;+1. The van der Waals surface area contributed by atoms with Gasteiger partial charge < -0.3 is 5.11 Å². The Balaban J connectivity index is 0. The van der Waals surface area contributed by atoms with E-state index in [1.165, 1.54) is 18.4 Å². The van der Waals surface area contributed by atoms with Crippen molar-refractivity contribution in [3.63, 3.8) is 0 Å². The smallest absolute Gasteiger partial charge is 0.116 e. The van der Waals surface area contributed by atoms with Gasteiger partial charge in [-0.25, -0.2) is 11.6 Å². The Morgan fingerprint density at radius 3 is 1.87 bits per heavy atom. The number of phenols is 1. The molecule has 0 atom stereocenters. The first-order valence-corrected chi connectivity index (χ1v) is 10.7. The average Bonchev–Trinajstić information content (AvgIpc) is 3.24. The Labute approximate surface area is 207 Å². The summed E-state index contributed by atoms with van der Waals surface area (Å²) < 4.78 is 1.59. The van der Waals surface area contributed by atoms with Crippen LogP contribution in [0.25, 0.3) is 11.1 Å². The SMILES string of the molecule is CC(C)(C)C1=[C-]CC=C1.CC[C](=[Ti+])CC.Cl.Cl.Oc1cccc(-c2ccccc2)c1. The topological polar surface area (TPSA) is 20.2 Å². The molecule has 1 aliphatic carbocycles. The van der Waals surface area contributed by atoms with Gasteiger partial charge in [0.2, 0.25) is 0 Å². The first-order valence-electron chi connectivity index (χ1n) is 9.96. The minimum atomic E-state index is 0. The van der Waals surface area contributed by atoms with Crippen LogP contribution < -0.4 is 0 Å². The first-order chi connectivity index (χ1) is 13.3. The van der Waals surface area contributed by atoms with Crippen LogP contribution in [0.5, 0.6) is 5.75 Å². The van der Waals surface area contributed by atoms with Gasteiger partial charge in [-0.15, -0.1) is 31.2 Å². The molecule has 1 N–H and O–H groups in total. The molecule has 1 nitrogen and oxygen atoms in total. The maximum Gasteiger partial charge on any atom is 0.116 e. The summed E-state index contributed by atoms with van der Waals surface area (Å²) in [7, 11) is 0. The van der Waals surface area contributed by atoms with Gasteiger partial charge >= 0.3 is 50.5 Å². The number of aromatic hydroxyl groups is 1. The van der Waals surface area contributed by atoms with Gasteiger partial charge in [-0.2, -0.15) is 6.08 Å². The predicted molar refractivity (Wildman–Crippen MR) is 134 cm³/mol. The fourth-order valence-corrected chi connectivity index (χ4v) is 2.49. The van der Waals surface area contributed by atoms with E-state index in [0.717, 1.165) is 17.5 Å². The average molecular weight is 482 g/mol. The second-order valence-corrected chi connectivity index (χ2v) is 8.78. The zero-order valence-electron chi connectivity index (χ0n) is 18.7. The third-order valence-corrected chi connectivity index (χ3v) is 5.41. The molecule has 0 radical (unpaired) electrons. The van der Waals surface area contributed by atoms with Gasteiger partial charge in [-0.1, -0.05) is 63.2 Å². The third kappa shape index (κ3) is 12.6. The van der Waals surface area contributed by atoms with Gasteiger partial charge in [0, 0.05) is 0 Å². The summed E-state index contributed by atoms with van der Waals surface area (Å²) in [6, 6.07) is 17.3. The van der Waals surface area contributed by atoms with Crippen LogP contribution in [0.4, 0.5) is 0 Å². The molecular formula is C26H35Cl2OTi. The quantitative estimate of drug-likeness (QED) is 0.346. The molecule has 1 aliphatic rings. The van der Waals surface area contributed by atoms with Gasteiger partial charge in [0.1, 0.15) is 5.75 Å². The van der Waals surface area contributed by atoms with Crippen LogP contribution in [-0.2, 0) is 20.0 Å². The summed E-state index contributed by atoms with van der Waals surface area (Å²) in [6.07, 6.45) is 11.1. The normalized spacial score (nSPS) is 11.5. The predicted octanol–water partition coefficient (Wildman–Crippen LogP) is 8.15. The van der Waals surface area contributed by atoms with Crippen LogP contribution in [0.3, 0.4) is 0 Å². The zero-order chi connectivity index (χ0) is 21.0. The second-order valence-electron chi connectivity index (χ2n) is 7.67. The van der Waals surface area contributed by atoms with Crippen molar-refractivity contribution in [1.29, 1.82) is 0 Å². The summed E-state index contributed by atoms with van der Waals surface area (Å²) in [5.41, 5.74) is 3.81. The van der Waals surface area contributed by atoms with E-state index in [0.29, 0.717) is 11.2 Å². The monoisotopic (exact) mass is 481 g/mol. The van der Waals surface area contributed by atoms with E-state index < -0.39 is 0 Å². The molecule has 0 aromatic heterocycles. The van der Waals surface area contributed by atoms with Crippen molar-refractivity contribution in [2.24, 2.45) is 5.41 Å². The molecule has 0 amide bonds. The largest absolute Gasteiger partial charge is 0.508 e. The minimum absolute atomic E-state index is 0. The Kier molecular flexibility index (Phi) is 17.2. The maximum atomic E-state index is 9.27.